The number of aliphatic hydroxyl groups excluding tert-OH is 1. The van der Waals surface area contributed by atoms with Crippen molar-refractivity contribution in [1.82, 2.24) is 0 Å². The molecule has 1 aliphatic rings. The molecule has 1 fully saturated rings. The lowest BCUT2D eigenvalue weighted by molar-refractivity contribution is 0.305. The minimum atomic E-state index is -0.248. The summed E-state index contributed by atoms with van der Waals surface area (Å²) in [6.45, 7) is 0.760. The molecule has 0 bridgehead atoms. The first-order valence-electron chi connectivity index (χ1n) is 6.41. The van der Waals surface area contributed by atoms with Gasteiger partial charge in [-0.1, -0.05) is 11.8 Å². The number of thioether (sulfide) groups is 1. The molecule has 0 aromatic heterocycles. The number of hydrogen-bond acceptors (Lipinski definition) is 3. The zero-order valence-electron chi connectivity index (χ0n) is 10.6. The molecule has 0 saturated carbocycles. The van der Waals surface area contributed by atoms with Crippen molar-refractivity contribution in [3.05, 3.63) is 30.1 Å². The van der Waals surface area contributed by atoms with Gasteiger partial charge in [-0.2, -0.15) is 0 Å². The van der Waals surface area contributed by atoms with Crippen LogP contribution in [-0.4, -0.2) is 28.8 Å². The molecule has 2 rings (SSSR count). The van der Waals surface area contributed by atoms with E-state index >= 15 is 0 Å². The van der Waals surface area contributed by atoms with Gasteiger partial charge < -0.3 is 9.84 Å². The molecule has 1 aliphatic heterocycles. The van der Waals surface area contributed by atoms with E-state index in [2.05, 4.69) is 11.8 Å². The van der Waals surface area contributed by atoms with E-state index in [0.717, 1.165) is 12.8 Å². The SMILES string of the molecule is OCCC#C[C@H]1CC[C@@H](COc2ccc(F)cc2)S1. The molecule has 0 aliphatic carbocycles. The first-order valence-corrected chi connectivity index (χ1v) is 7.35. The van der Waals surface area contributed by atoms with Crippen LogP contribution in [0.5, 0.6) is 5.75 Å². The quantitative estimate of drug-likeness (QED) is 0.860. The van der Waals surface area contributed by atoms with Crippen LogP contribution in [0.3, 0.4) is 0 Å². The smallest absolute Gasteiger partial charge is 0.123 e. The number of ether oxygens (including phenoxy) is 1. The predicted octanol–water partition coefficient (Wildman–Crippen LogP) is 2.85. The van der Waals surface area contributed by atoms with E-state index < -0.39 is 0 Å². The van der Waals surface area contributed by atoms with Gasteiger partial charge in [0.05, 0.1) is 11.9 Å². The van der Waals surface area contributed by atoms with Crippen molar-refractivity contribution >= 4 is 11.8 Å². The normalized spacial score (nSPS) is 21.8. The molecule has 1 saturated heterocycles. The van der Waals surface area contributed by atoms with Crippen molar-refractivity contribution in [2.24, 2.45) is 0 Å². The van der Waals surface area contributed by atoms with Gasteiger partial charge >= 0.3 is 0 Å². The van der Waals surface area contributed by atoms with Crippen LogP contribution in [0.1, 0.15) is 19.3 Å². The molecule has 2 atom stereocenters. The highest BCUT2D eigenvalue weighted by Crippen LogP contribution is 2.33. The van der Waals surface area contributed by atoms with Gasteiger partial charge in [-0.3, -0.25) is 0 Å². The van der Waals surface area contributed by atoms with Crippen LogP contribution in [0.15, 0.2) is 24.3 Å². The molecular weight excluding hydrogens is 263 g/mol. The molecule has 1 aromatic rings. The van der Waals surface area contributed by atoms with E-state index in [4.69, 9.17) is 9.84 Å². The van der Waals surface area contributed by atoms with Crippen LogP contribution >= 0.6 is 11.8 Å². The topological polar surface area (TPSA) is 29.5 Å². The standard InChI is InChI=1S/C15H17FO2S/c16-12-4-6-13(7-5-12)18-11-15-9-8-14(19-15)3-1-2-10-17/h4-7,14-15,17H,2,8-11H2/t14-,15-/m0/s1. The minimum Gasteiger partial charge on any atom is -0.492 e. The Bertz CT molecular complexity index is 449. The van der Waals surface area contributed by atoms with Gasteiger partial charge in [0.15, 0.2) is 0 Å². The highest BCUT2D eigenvalue weighted by molar-refractivity contribution is 8.01. The molecule has 1 aromatic carbocycles. The molecule has 1 N–H and O–H groups in total. The Hall–Kier alpha value is -1.18. The second kappa shape index (κ2) is 7.42. The summed E-state index contributed by atoms with van der Waals surface area (Å²) in [5, 5.41) is 9.46. The summed E-state index contributed by atoms with van der Waals surface area (Å²) in [4.78, 5) is 0. The highest BCUT2D eigenvalue weighted by Gasteiger charge is 2.24. The van der Waals surface area contributed by atoms with Crippen LogP contribution in [0.25, 0.3) is 0 Å². The van der Waals surface area contributed by atoms with E-state index in [1.54, 1.807) is 12.1 Å². The van der Waals surface area contributed by atoms with Crippen LogP contribution < -0.4 is 4.74 Å². The fraction of sp³-hybridized carbons (Fsp3) is 0.467. The first kappa shape index (κ1) is 14.2. The Balaban J connectivity index is 1.73. The van der Waals surface area contributed by atoms with E-state index in [9.17, 15) is 4.39 Å². The Kier molecular flexibility index (Phi) is 5.56. The van der Waals surface area contributed by atoms with Gasteiger partial charge in [0.1, 0.15) is 18.2 Å². The Morgan fingerprint density at radius 3 is 2.84 bits per heavy atom. The van der Waals surface area contributed by atoms with Crippen LogP contribution in [0.2, 0.25) is 0 Å². The molecular formula is C15H17FO2S. The molecule has 2 nitrogen and oxygen atoms in total. The fourth-order valence-electron chi connectivity index (χ4n) is 1.90. The summed E-state index contributed by atoms with van der Waals surface area (Å²) >= 11 is 1.83. The Morgan fingerprint density at radius 2 is 2.11 bits per heavy atom. The summed E-state index contributed by atoms with van der Waals surface area (Å²) in [6.07, 6.45) is 2.71. The number of halogens is 1. The van der Waals surface area contributed by atoms with E-state index in [1.807, 2.05) is 11.8 Å². The van der Waals surface area contributed by atoms with Gasteiger partial charge in [-0.25, -0.2) is 4.39 Å². The Labute approximate surface area is 117 Å². The number of aliphatic hydroxyl groups is 1. The maximum Gasteiger partial charge on any atom is 0.123 e. The van der Waals surface area contributed by atoms with Crippen LogP contribution in [0, 0.1) is 17.7 Å². The van der Waals surface area contributed by atoms with Gasteiger partial charge in [0.25, 0.3) is 0 Å². The molecule has 0 spiro atoms. The van der Waals surface area contributed by atoms with Crippen molar-refractivity contribution in [2.75, 3.05) is 13.2 Å². The van der Waals surface area contributed by atoms with Crippen molar-refractivity contribution in [3.63, 3.8) is 0 Å². The van der Waals surface area contributed by atoms with Crippen molar-refractivity contribution in [1.29, 1.82) is 0 Å². The lowest BCUT2D eigenvalue weighted by atomic mass is 10.2. The van der Waals surface area contributed by atoms with Gasteiger partial charge in [0.2, 0.25) is 0 Å². The molecule has 19 heavy (non-hydrogen) atoms. The summed E-state index contributed by atoms with van der Waals surface area (Å²) in [5.74, 6) is 6.60. The molecule has 4 heteroatoms. The lowest BCUT2D eigenvalue weighted by Crippen LogP contribution is -2.11. The van der Waals surface area contributed by atoms with E-state index in [-0.39, 0.29) is 12.4 Å². The molecule has 1 heterocycles. The Morgan fingerprint density at radius 1 is 1.32 bits per heavy atom. The van der Waals surface area contributed by atoms with Crippen LogP contribution in [0.4, 0.5) is 4.39 Å². The lowest BCUT2D eigenvalue weighted by Gasteiger charge is -2.11. The number of benzene rings is 1. The van der Waals surface area contributed by atoms with Gasteiger partial charge in [-0.15, -0.1) is 11.8 Å². The molecule has 0 radical (unpaired) electrons. The monoisotopic (exact) mass is 280 g/mol. The highest BCUT2D eigenvalue weighted by atomic mass is 32.2. The average Bonchev–Trinajstić information content (AvgIpc) is 2.86. The summed E-state index contributed by atoms with van der Waals surface area (Å²) < 4.78 is 18.4. The summed E-state index contributed by atoms with van der Waals surface area (Å²) in [6, 6.07) is 6.10. The fourth-order valence-corrected chi connectivity index (χ4v) is 3.20. The predicted molar refractivity (Wildman–Crippen MR) is 75.8 cm³/mol. The third kappa shape index (κ3) is 4.77. The van der Waals surface area contributed by atoms with E-state index in [1.165, 1.54) is 12.1 Å². The van der Waals surface area contributed by atoms with E-state index in [0.29, 0.717) is 29.3 Å². The molecule has 0 unspecified atom stereocenters. The maximum atomic E-state index is 12.7. The maximum absolute atomic E-state index is 12.7. The zero-order valence-corrected chi connectivity index (χ0v) is 11.5. The third-order valence-corrected chi connectivity index (χ3v) is 4.30. The summed E-state index contributed by atoms with van der Waals surface area (Å²) in [7, 11) is 0. The molecule has 102 valence electrons. The van der Waals surface area contributed by atoms with Crippen LogP contribution in [-0.2, 0) is 0 Å². The second-order valence-corrected chi connectivity index (χ2v) is 5.89. The van der Waals surface area contributed by atoms with Crippen molar-refractivity contribution in [3.8, 4) is 17.6 Å². The summed E-state index contributed by atoms with van der Waals surface area (Å²) in [5.41, 5.74) is 0. The zero-order chi connectivity index (χ0) is 13.5. The number of rotatable bonds is 4. The van der Waals surface area contributed by atoms with Gasteiger partial charge in [-0.05, 0) is 37.1 Å². The number of hydrogen-bond donors (Lipinski definition) is 1. The van der Waals surface area contributed by atoms with Crippen molar-refractivity contribution < 1.29 is 14.2 Å². The third-order valence-electron chi connectivity index (χ3n) is 2.86. The largest absolute Gasteiger partial charge is 0.492 e. The minimum absolute atomic E-state index is 0.126. The van der Waals surface area contributed by atoms with Crippen molar-refractivity contribution in [2.45, 2.75) is 29.8 Å². The average molecular weight is 280 g/mol. The molecule has 0 amide bonds. The first-order chi connectivity index (χ1) is 9.28. The van der Waals surface area contributed by atoms with Gasteiger partial charge in [0, 0.05) is 11.7 Å². The second-order valence-electron chi connectivity index (χ2n) is 4.38.